The fourth-order valence-corrected chi connectivity index (χ4v) is 0. The van der Waals surface area contributed by atoms with Crippen LogP contribution in [-0.2, 0) is 16.5 Å². The SMILES string of the molecule is O=[N+]([O-])[O-].O=[N+]([O-])[O-].O=[N+]([O-])[O-].O=[N+]([O-])[O-].O=[N+]([O-])[O-].[Gd+3].[Ni+2]. The van der Waals surface area contributed by atoms with Crippen LogP contribution < -0.4 is 0 Å². The topological polar surface area (TPSA) is 331 Å². The van der Waals surface area contributed by atoms with Crippen molar-refractivity contribution in [1.82, 2.24) is 0 Å². The molecule has 0 fully saturated rings. The molecule has 133 valence electrons. The van der Waals surface area contributed by atoms with E-state index in [1.54, 1.807) is 0 Å². The number of rotatable bonds is 0. The largest absolute Gasteiger partial charge is 3.00 e. The Bertz CT molecular complexity index is 213. The standard InChI is InChI=1S/Gd.5NO3.Ni/c;5*2-1(3)4;/q+3;5*-1;+2. The van der Waals surface area contributed by atoms with Crippen LogP contribution in [0.1, 0.15) is 0 Å². The van der Waals surface area contributed by atoms with Gasteiger partial charge in [-0.3, -0.25) is 0 Å². The molecule has 0 N–H and O–H groups in total. The van der Waals surface area contributed by atoms with E-state index in [0.717, 1.165) is 0 Å². The van der Waals surface area contributed by atoms with Crippen LogP contribution in [0.2, 0.25) is 0 Å². The Morgan fingerprint density at radius 1 is 0.364 bits per heavy atom. The molecule has 0 rings (SSSR count). The smallest absolute Gasteiger partial charge is 0.356 e. The molecular formula is GdN5NiO15. The van der Waals surface area contributed by atoms with Crippen LogP contribution in [0.5, 0.6) is 0 Å². The molecule has 22 heteroatoms. The fraction of sp³-hybridized carbons (Fsp3) is 0. The first-order chi connectivity index (χ1) is 8.66. The van der Waals surface area contributed by atoms with Gasteiger partial charge >= 0.3 is 56.4 Å². The third-order valence-corrected chi connectivity index (χ3v) is 0. The molecule has 0 bridgehead atoms. The first-order valence-corrected chi connectivity index (χ1v) is 2.74. The van der Waals surface area contributed by atoms with Gasteiger partial charge in [-0.05, 0) is 0 Å². The van der Waals surface area contributed by atoms with Crippen molar-refractivity contribution in [2.45, 2.75) is 0 Å². The average molecular weight is 526 g/mol. The third kappa shape index (κ3) is 1060. The van der Waals surface area contributed by atoms with Gasteiger partial charge in [0.1, 0.15) is 0 Å². The normalized spacial score (nSPS) is 5.45. The van der Waals surface area contributed by atoms with Gasteiger partial charge in [0.25, 0.3) is 0 Å². The van der Waals surface area contributed by atoms with Gasteiger partial charge < -0.3 is 76.6 Å². The van der Waals surface area contributed by atoms with Gasteiger partial charge in [0.2, 0.25) is 0 Å². The van der Waals surface area contributed by atoms with Crippen LogP contribution in [0.25, 0.3) is 0 Å². The monoisotopic (exact) mass is 526 g/mol. The summed E-state index contributed by atoms with van der Waals surface area (Å²) in [4.78, 5) is 41.2. The molecule has 22 heavy (non-hydrogen) atoms. The Labute approximate surface area is 158 Å². The van der Waals surface area contributed by atoms with Crippen LogP contribution in [0, 0.1) is 117 Å². The molecule has 0 saturated heterocycles. The molecule has 0 aliphatic carbocycles. The van der Waals surface area contributed by atoms with E-state index in [-0.39, 0.29) is 56.4 Å². The van der Waals surface area contributed by atoms with E-state index in [1.165, 1.54) is 0 Å². The number of hydrogen-bond acceptors (Lipinski definition) is 15. The molecule has 0 aliphatic heterocycles. The molecular weight excluding hydrogens is 526 g/mol. The van der Waals surface area contributed by atoms with Gasteiger partial charge in [-0.1, -0.05) is 0 Å². The fourth-order valence-electron chi connectivity index (χ4n) is 0. The Balaban J connectivity index is -0.0000000250. The van der Waals surface area contributed by atoms with E-state index in [1.807, 2.05) is 0 Å². The summed E-state index contributed by atoms with van der Waals surface area (Å²) >= 11 is 0. The van der Waals surface area contributed by atoms with Crippen LogP contribution in [0.15, 0.2) is 0 Å². The van der Waals surface area contributed by atoms with E-state index in [2.05, 4.69) is 0 Å². The van der Waals surface area contributed by atoms with E-state index in [9.17, 15) is 0 Å². The van der Waals surface area contributed by atoms with Gasteiger partial charge in [-0.25, -0.2) is 0 Å². The Morgan fingerprint density at radius 3 is 0.364 bits per heavy atom. The molecule has 0 atom stereocenters. The Morgan fingerprint density at radius 2 is 0.364 bits per heavy atom. The zero-order valence-corrected chi connectivity index (χ0v) is 12.3. The summed E-state index contributed by atoms with van der Waals surface area (Å²) < 4.78 is 0. The maximum absolute atomic E-state index is 8.25. The number of nitrogens with zero attached hydrogens (tertiary/aromatic N) is 5. The molecule has 0 amide bonds. The number of hydrogen-bond donors (Lipinski definition) is 0. The first-order valence-electron chi connectivity index (χ1n) is 2.74. The van der Waals surface area contributed by atoms with Crippen molar-refractivity contribution in [3.63, 3.8) is 0 Å². The maximum Gasteiger partial charge on any atom is 3.00 e. The van der Waals surface area contributed by atoms with Crippen LogP contribution in [-0.4, -0.2) is 25.4 Å². The Hall–Kier alpha value is -2.18. The van der Waals surface area contributed by atoms with E-state index >= 15 is 0 Å². The van der Waals surface area contributed by atoms with Crippen molar-refractivity contribution < 1.29 is 81.9 Å². The predicted octanol–water partition coefficient (Wildman–Crippen LogP) is -1.20. The summed E-state index contributed by atoms with van der Waals surface area (Å²) in [5.41, 5.74) is 0. The minimum Gasteiger partial charge on any atom is -0.356 e. The summed E-state index contributed by atoms with van der Waals surface area (Å²) in [5, 5.41) is 73.8. The average Bonchev–Trinajstić information content (AvgIpc) is 1.94. The van der Waals surface area contributed by atoms with Gasteiger partial charge in [0, 0.05) is 0 Å². The predicted molar refractivity (Wildman–Crippen MR) is 51.8 cm³/mol. The van der Waals surface area contributed by atoms with Crippen LogP contribution >= 0.6 is 0 Å². The van der Waals surface area contributed by atoms with Gasteiger partial charge in [-0.2, -0.15) is 0 Å². The van der Waals surface area contributed by atoms with Crippen molar-refractivity contribution in [3.05, 3.63) is 76.6 Å². The Kier molecular flexibility index (Phi) is 70.6. The van der Waals surface area contributed by atoms with E-state index in [0.29, 0.717) is 0 Å². The molecule has 0 unspecified atom stereocenters. The molecule has 0 heterocycles. The minimum absolute atomic E-state index is 0. The molecule has 0 aromatic carbocycles. The zero-order chi connectivity index (χ0) is 17.9. The van der Waals surface area contributed by atoms with Crippen LogP contribution in [0.4, 0.5) is 0 Å². The van der Waals surface area contributed by atoms with Crippen molar-refractivity contribution >= 4 is 0 Å². The minimum atomic E-state index is -1.75. The molecule has 0 aliphatic rings. The molecule has 0 spiro atoms. The summed E-state index contributed by atoms with van der Waals surface area (Å²) in [6.07, 6.45) is 0. The second-order valence-corrected chi connectivity index (χ2v) is 1.12. The summed E-state index contributed by atoms with van der Waals surface area (Å²) in [5.74, 6) is 0. The second-order valence-electron chi connectivity index (χ2n) is 1.12. The molecule has 0 aromatic heterocycles. The quantitative estimate of drug-likeness (QED) is 0.203. The van der Waals surface area contributed by atoms with Crippen LogP contribution in [0.3, 0.4) is 0 Å². The summed E-state index contributed by atoms with van der Waals surface area (Å²) in [6.45, 7) is 0. The van der Waals surface area contributed by atoms with E-state index in [4.69, 9.17) is 76.6 Å². The van der Waals surface area contributed by atoms with Crippen molar-refractivity contribution in [2.75, 3.05) is 0 Å². The summed E-state index contributed by atoms with van der Waals surface area (Å²) in [6, 6.07) is 0. The zero-order valence-electron chi connectivity index (χ0n) is 9.03. The van der Waals surface area contributed by atoms with Crippen molar-refractivity contribution in [1.29, 1.82) is 0 Å². The van der Waals surface area contributed by atoms with Gasteiger partial charge in [0.05, 0.1) is 25.4 Å². The van der Waals surface area contributed by atoms with E-state index < -0.39 is 25.4 Å². The first kappa shape index (κ1) is 42.7. The molecule has 20 nitrogen and oxygen atoms in total. The summed E-state index contributed by atoms with van der Waals surface area (Å²) in [7, 11) is 0. The van der Waals surface area contributed by atoms with Crippen molar-refractivity contribution in [2.24, 2.45) is 0 Å². The van der Waals surface area contributed by atoms with Gasteiger partial charge in [-0.15, -0.1) is 0 Å². The second kappa shape index (κ2) is 36.4. The van der Waals surface area contributed by atoms with Gasteiger partial charge in [0.15, 0.2) is 0 Å². The molecule has 0 aromatic rings. The third-order valence-electron chi connectivity index (χ3n) is 0. The molecule has 1 radical (unpaired) electrons. The van der Waals surface area contributed by atoms with Crippen molar-refractivity contribution in [3.8, 4) is 0 Å². The maximum atomic E-state index is 8.25. The molecule has 0 saturated carbocycles.